The minimum absolute atomic E-state index is 0.0445. The van der Waals surface area contributed by atoms with Gasteiger partial charge in [0.25, 0.3) is 5.91 Å². The molecule has 0 radical (unpaired) electrons. The Morgan fingerprint density at radius 3 is 2.30 bits per heavy atom. The van der Waals surface area contributed by atoms with Gasteiger partial charge in [-0.1, -0.05) is 30.3 Å². The molecule has 0 saturated heterocycles. The van der Waals surface area contributed by atoms with Crippen molar-refractivity contribution in [1.29, 1.82) is 0 Å². The highest BCUT2D eigenvalue weighted by Gasteiger charge is 2.09. The first-order chi connectivity index (χ1) is 9.70. The van der Waals surface area contributed by atoms with Crippen molar-refractivity contribution in [3.05, 3.63) is 65.7 Å². The highest BCUT2D eigenvalue weighted by Crippen LogP contribution is 2.12. The molecule has 3 heteroatoms. The van der Waals surface area contributed by atoms with Gasteiger partial charge in [-0.15, -0.1) is 0 Å². The Kier molecular flexibility index (Phi) is 4.77. The van der Waals surface area contributed by atoms with E-state index in [1.165, 1.54) is 0 Å². The highest BCUT2D eigenvalue weighted by molar-refractivity contribution is 5.94. The summed E-state index contributed by atoms with van der Waals surface area (Å²) in [5.41, 5.74) is 1.75. The number of hydrogen-bond donors (Lipinski definition) is 0. The van der Waals surface area contributed by atoms with Crippen LogP contribution in [0.1, 0.15) is 22.8 Å². The van der Waals surface area contributed by atoms with Gasteiger partial charge in [-0.25, -0.2) is 0 Å². The molecule has 0 spiro atoms. The lowest BCUT2D eigenvalue weighted by Crippen LogP contribution is -2.26. The average molecular weight is 269 g/mol. The van der Waals surface area contributed by atoms with E-state index in [0.29, 0.717) is 18.7 Å². The Morgan fingerprint density at radius 2 is 1.70 bits per heavy atom. The summed E-state index contributed by atoms with van der Waals surface area (Å²) >= 11 is 0. The van der Waals surface area contributed by atoms with Gasteiger partial charge in [-0.05, 0) is 36.8 Å². The van der Waals surface area contributed by atoms with Crippen LogP contribution >= 0.6 is 0 Å². The predicted molar refractivity (Wildman–Crippen MR) is 79.9 cm³/mol. The molecule has 0 aliphatic heterocycles. The van der Waals surface area contributed by atoms with Gasteiger partial charge in [-0.3, -0.25) is 4.79 Å². The number of ether oxygens (including phenoxy) is 1. The first-order valence-electron chi connectivity index (χ1n) is 6.73. The molecule has 0 N–H and O–H groups in total. The zero-order valence-electron chi connectivity index (χ0n) is 11.9. The molecule has 0 aliphatic rings. The van der Waals surface area contributed by atoms with Crippen molar-refractivity contribution in [2.75, 3.05) is 13.6 Å². The minimum atomic E-state index is 0.0445. The van der Waals surface area contributed by atoms with Crippen LogP contribution in [-0.2, 0) is 6.61 Å². The SMILES string of the molecule is CCN(C)C(=O)c1ccc(COc2ccccc2)cc1. The molecule has 3 nitrogen and oxygen atoms in total. The number of amides is 1. The standard InChI is InChI=1S/C17H19NO2/c1-3-18(2)17(19)15-11-9-14(10-12-15)13-20-16-7-5-4-6-8-16/h4-12H,3,13H2,1-2H3. The van der Waals surface area contributed by atoms with Crippen molar-refractivity contribution < 1.29 is 9.53 Å². The van der Waals surface area contributed by atoms with E-state index in [2.05, 4.69) is 0 Å². The van der Waals surface area contributed by atoms with E-state index in [9.17, 15) is 4.79 Å². The lowest BCUT2D eigenvalue weighted by atomic mass is 10.1. The zero-order chi connectivity index (χ0) is 14.4. The normalized spacial score (nSPS) is 10.1. The summed E-state index contributed by atoms with van der Waals surface area (Å²) in [4.78, 5) is 13.7. The second-order valence-electron chi connectivity index (χ2n) is 4.62. The topological polar surface area (TPSA) is 29.5 Å². The quantitative estimate of drug-likeness (QED) is 0.833. The molecule has 0 fully saturated rings. The van der Waals surface area contributed by atoms with E-state index in [1.54, 1.807) is 11.9 Å². The van der Waals surface area contributed by atoms with Crippen molar-refractivity contribution in [3.63, 3.8) is 0 Å². The lowest BCUT2D eigenvalue weighted by molar-refractivity contribution is 0.0802. The second kappa shape index (κ2) is 6.75. The highest BCUT2D eigenvalue weighted by atomic mass is 16.5. The Balaban J connectivity index is 1.96. The smallest absolute Gasteiger partial charge is 0.253 e. The fourth-order valence-electron chi connectivity index (χ4n) is 1.79. The minimum Gasteiger partial charge on any atom is -0.489 e. The molecule has 0 saturated carbocycles. The van der Waals surface area contributed by atoms with Crippen LogP contribution in [0.3, 0.4) is 0 Å². The average Bonchev–Trinajstić information content (AvgIpc) is 2.53. The zero-order valence-corrected chi connectivity index (χ0v) is 11.9. The van der Waals surface area contributed by atoms with Crippen LogP contribution in [0, 0.1) is 0 Å². The number of rotatable bonds is 5. The third-order valence-electron chi connectivity index (χ3n) is 3.17. The maximum atomic E-state index is 12.0. The summed E-state index contributed by atoms with van der Waals surface area (Å²) in [7, 11) is 1.80. The maximum absolute atomic E-state index is 12.0. The Hall–Kier alpha value is -2.29. The van der Waals surface area contributed by atoms with Crippen molar-refractivity contribution in [2.24, 2.45) is 0 Å². The van der Waals surface area contributed by atoms with Crippen molar-refractivity contribution in [2.45, 2.75) is 13.5 Å². The molecule has 2 aromatic rings. The van der Waals surface area contributed by atoms with Crippen LogP contribution < -0.4 is 4.74 Å². The van der Waals surface area contributed by atoms with Crippen LogP contribution in [0.4, 0.5) is 0 Å². The molecule has 0 heterocycles. The number of benzene rings is 2. The number of nitrogens with zero attached hydrogens (tertiary/aromatic N) is 1. The molecule has 2 rings (SSSR count). The van der Waals surface area contributed by atoms with Crippen molar-refractivity contribution >= 4 is 5.91 Å². The third kappa shape index (κ3) is 3.60. The van der Waals surface area contributed by atoms with Crippen molar-refractivity contribution in [3.8, 4) is 5.75 Å². The van der Waals surface area contributed by atoms with E-state index in [-0.39, 0.29) is 5.91 Å². The third-order valence-corrected chi connectivity index (χ3v) is 3.17. The van der Waals surface area contributed by atoms with E-state index in [4.69, 9.17) is 4.74 Å². The summed E-state index contributed by atoms with van der Waals surface area (Å²) < 4.78 is 5.67. The monoisotopic (exact) mass is 269 g/mol. The summed E-state index contributed by atoms with van der Waals surface area (Å²) in [6.07, 6.45) is 0. The van der Waals surface area contributed by atoms with Crippen LogP contribution in [0.5, 0.6) is 5.75 Å². The van der Waals surface area contributed by atoms with Crippen LogP contribution in [0.2, 0.25) is 0 Å². The Bertz CT molecular complexity index is 549. The first-order valence-corrected chi connectivity index (χ1v) is 6.73. The van der Waals surface area contributed by atoms with Gasteiger partial charge in [-0.2, -0.15) is 0 Å². The number of carbonyl (C=O) groups excluding carboxylic acids is 1. The first kappa shape index (κ1) is 14.1. The Labute approximate surface area is 119 Å². The van der Waals surface area contributed by atoms with Gasteiger partial charge in [0, 0.05) is 19.2 Å². The molecule has 1 amide bonds. The molecule has 0 unspecified atom stereocenters. The lowest BCUT2D eigenvalue weighted by Gasteiger charge is -2.14. The second-order valence-corrected chi connectivity index (χ2v) is 4.62. The van der Waals surface area contributed by atoms with Crippen LogP contribution in [-0.4, -0.2) is 24.4 Å². The number of hydrogen-bond acceptors (Lipinski definition) is 2. The Morgan fingerprint density at radius 1 is 1.05 bits per heavy atom. The molecule has 2 aromatic carbocycles. The van der Waals surface area contributed by atoms with E-state index in [1.807, 2.05) is 61.5 Å². The van der Waals surface area contributed by atoms with Crippen LogP contribution in [0.25, 0.3) is 0 Å². The van der Waals surface area contributed by atoms with Crippen molar-refractivity contribution in [1.82, 2.24) is 4.90 Å². The number of carbonyl (C=O) groups is 1. The van der Waals surface area contributed by atoms with Gasteiger partial charge in [0.15, 0.2) is 0 Å². The van der Waals surface area contributed by atoms with E-state index >= 15 is 0 Å². The van der Waals surface area contributed by atoms with Gasteiger partial charge >= 0.3 is 0 Å². The molecule has 104 valence electrons. The summed E-state index contributed by atoms with van der Waals surface area (Å²) in [5, 5.41) is 0. The summed E-state index contributed by atoms with van der Waals surface area (Å²) in [6, 6.07) is 17.2. The van der Waals surface area contributed by atoms with Gasteiger partial charge in [0.05, 0.1) is 0 Å². The molecular formula is C17H19NO2. The predicted octanol–water partition coefficient (Wildman–Crippen LogP) is 3.36. The maximum Gasteiger partial charge on any atom is 0.253 e. The van der Waals surface area contributed by atoms with Gasteiger partial charge in [0.1, 0.15) is 12.4 Å². The molecule has 0 aromatic heterocycles. The molecule has 0 atom stereocenters. The fraction of sp³-hybridized carbons (Fsp3) is 0.235. The molecule has 0 aliphatic carbocycles. The van der Waals surface area contributed by atoms with E-state index < -0.39 is 0 Å². The summed E-state index contributed by atoms with van der Waals surface area (Å²) in [6.45, 7) is 3.17. The van der Waals surface area contributed by atoms with Crippen LogP contribution in [0.15, 0.2) is 54.6 Å². The molecule has 0 bridgehead atoms. The van der Waals surface area contributed by atoms with E-state index in [0.717, 1.165) is 11.3 Å². The molecular weight excluding hydrogens is 250 g/mol. The number of para-hydroxylation sites is 1. The summed E-state index contributed by atoms with van der Waals surface area (Å²) in [5.74, 6) is 0.890. The fourth-order valence-corrected chi connectivity index (χ4v) is 1.79. The largest absolute Gasteiger partial charge is 0.489 e. The molecule has 20 heavy (non-hydrogen) atoms. The van der Waals surface area contributed by atoms with Gasteiger partial charge < -0.3 is 9.64 Å². The van der Waals surface area contributed by atoms with Gasteiger partial charge in [0.2, 0.25) is 0 Å².